The van der Waals surface area contributed by atoms with Crippen molar-refractivity contribution in [1.29, 1.82) is 0 Å². The number of hydrogen-bond acceptors (Lipinski definition) is 7. The number of nitrogen functional groups attached to an aromatic ring is 1. The van der Waals surface area contributed by atoms with Crippen LogP contribution in [0.15, 0.2) is 35.3 Å². The summed E-state index contributed by atoms with van der Waals surface area (Å²) in [5.74, 6) is -1.14. The van der Waals surface area contributed by atoms with E-state index in [1.54, 1.807) is 19.1 Å². The van der Waals surface area contributed by atoms with Crippen molar-refractivity contribution in [3.8, 4) is 5.75 Å². The predicted molar refractivity (Wildman–Crippen MR) is 121 cm³/mol. The molecule has 1 aliphatic heterocycles. The highest BCUT2D eigenvalue weighted by Gasteiger charge is 2.31. The number of nitrogens with one attached hydrogen (secondary N) is 2. The fourth-order valence-corrected chi connectivity index (χ4v) is 4.03. The number of rotatable bonds is 7. The summed E-state index contributed by atoms with van der Waals surface area (Å²) < 4.78 is 34.0. The summed E-state index contributed by atoms with van der Waals surface area (Å²) in [6.45, 7) is 1.97. The van der Waals surface area contributed by atoms with Crippen LogP contribution >= 0.6 is 0 Å². The maximum Gasteiger partial charge on any atom is 0.277 e. The van der Waals surface area contributed by atoms with Gasteiger partial charge >= 0.3 is 0 Å². The summed E-state index contributed by atoms with van der Waals surface area (Å²) in [6.07, 6.45) is 2.26. The quantitative estimate of drug-likeness (QED) is 0.484. The van der Waals surface area contributed by atoms with Gasteiger partial charge in [0.25, 0.3) is 5.56 Å². The van der Waals surface area contributed by atoms with Crippen molar-refractivity contribution < 1.29 is 18.3 Å². The number of amides is 1. The summed E-state index contributed by atoms with van der Waals surface area (Å²) >= 11 is 0. The second kappa shape index (κ2) is 9.46. The molecule has 4 rings (SSSR count). The van der Waals surface area contributed by atoms with E-state index in [0.717, 1.165) is 17.7 Å². The van der Waals surface area contributed by atoms with E-state index >= 15 is 0 Å². The summed E-state index contributed by atoms with van der Waals surface area (Å²) in [5, 5.41) is 5.70. The van der Waals surface area contributed by atoms with Crippen LogP contribution in [0.3, 0.4) is 0 Å². The zero-order chi connectivity index (χ0) is 24.4. The smallest absolute Gasteiger partial charge is 0.277 e. The van der Waals surface area contributed by atoms with Gasteiger partial charge in [-0.1, -0.05) is 6.07 Å². The van der Waals surface area contributed by atoms with Gasteiger partial charge in [-0.15, -0.1) is 0 Å². The first-order valence-electron chi connectivity index (χ1n) is 10.6. The van der Waals surface area contributed by atoms with E-state index in [2.05, 4.69) is 20.6 Å². The van der Waals surface area contributed by atoms with Crippen LogP contribution in [0.25, 0.3) is 0 Å². The first-order chi connectivity index (χ1) is 16.3. The van der Waals surface area contributed by atoms with Crippen LogP contribution in [0, 0.1) is 18.6 Å². The number of methoxy groups -OCH3 is 1. The van der Waals surface area contributed by atoms with Crippen LogP contribution in [0.1, 0.15) is 35.1 Å². The molecular weight excluding hydrogens is 446 g/mol. The van der Waals surface area contributed by atoms with E-state index in [1.807, 2.05) is 0 Å². The van der Waals surface area contributed by atoms with Crippen LogP contribution in [0.4, 0.5) is 20.3 Å². The van der Waals surface area contributed by atoms with Crippen molar-refractivity contribution in [3.63, 3.8) is 0 Å². The molecule has 0 bridgehead atoms. The Morgan fingerprint density at radius 3 is 2.79 bits per heavy atom. The lowest BCUT2D eigenvalue weighted by molar-refractivity contribution is -0.124. The Hall–Kier alpha value is -4.02. The van der Waals surface area contributed by atoms with Crippen LogP contribution in [0.5, 0.6) is 5.75 Å². The number of carbonyl (C=O) groups excluding carboxylic acids is 1. The molecule has 0 saturated carbocycles. The molecule has 1 atom stereocenters. The normalized spacial score (nSPS) is 14.5. The van der Waals surface area contributed by atoms with Gasteiger partial charge in [0, 0.05) is 36.8 Å². The predicted octanol–water partition coefficient (Wildman–Crippen LogP) is 2.23. The average molecular weight is 470 g/mol. The Morgan fingerprint density at radius 2 is 2.06 bits per heavy atom. The SMILES string of the molecule is COc1c(F)cc(F)cc1CNc1cnc2n(c1=O)[C@H](C(=O)NCc1ccc(N)nc1C)CC2. The number of benzene rings is 1. The minimum atomic E-state index is -0.841. The molecule has 178 valence electrons. The highest BCUT2D eigenvalue weighted by molar-refractivity contribution is 5.81. The fourth-order valence-electron chi connectivity index (χ4n) is 4.03. The second-order valence-electron chi connectivity index (χ2n) is 7.95. The molecule has 1 amide bonds. The molecule has 9 nitrogen and oxygen atoms in total. The number of pyridine rings is 1. The topological polar surface area (TPSA) is 124 Å². The first kappa shape index (κ1) is 23.1. The standard InChI is InChI=1S/C23H24F2N6O3/c1-12-13(3-5-19(26)30-12)9-29-22(32)18-4-6-20-28-11-17(23(33)31(18)20)27-10-14-7-15(24)8-16(25)21(14)34-2/h3,5,7-8,11,18,27H,4,6,9-10H2,1-2H3,(H2,26,30)(H,29,32)/t18-/m0/s1. The number of ether oxygens (including phenoxy) is 1. The van der Waals surface area contributed by atoms with E-state index in [0.29, 0.717) is 30.2 Å². The minimum Gasteiger partial charge on any atom is -0.493 e. The van der Waals surface area contributed by atoms with Crippen LogP contribution in [-0.4, -0.2) is 27.6 Å². The molecular formula is C23H24F2N6O3. The third-order valence-electron chi connectivity index (χ3n) is 5.75. The molecule has 11 heteroatoms. The highest BCUT2D eigenvalue weighted by atomic mass is 19.1. The number of nitrogens with zero attached hydrogens (tertiary/aromatic N) is 3. The van der Waals surface area contributed by atoms with Crippen LogP contribution < -0.4 is 26.7 Å². The molecule has 2 aromatic heterocycles. The Kier molecular flexibility index (Phi) is 6.44. The zero-order valence-electron chi connectivity index (χ0n) is 18.7. The molecule has 0 aliphatic carbocycles. The molecule has 4 N–H and O–H groups in total. The first-order valence-corrected chi connectivity index (χ1v) is 10.6. The van der Waals surface area contributed by atoms with E-state index < -0.39 is 23.2 Å². The largest absolute Gasteiger partial charge is 0.493 e. The lowest BCUT2D eigenvalue weighted by Crippen LogP contribution is -2.36. The monoisotopic (exact) mass is 470 g/mol. The number of nitrogens with two attached hydrogens (primary N) is 1. The molecule has 0 spiro atoms. The maximum absolute atomic E-state index is 14.0. The summed E-state index contributed by atoms with van der Waals surface area (Å²) in [6, 6.07) is 4.57. The number of anilines is 2. The third-order valence-corrected chi connectivity index (χ3v) is 5.75. The Morgan fingerprint density at radius 1 is 1.26 bits per heavy atom. The lowest BCUT2D eigenvalue weighted by atomic mass is 10.1. The van der Waals surface area contributed by atoms with E-state index in [1.165, 1.54) is 17.9 Å². The van der Waals surface area contributed by atoms with Crippen LogP contribution in [-0.2, 0) is 24.3 Å². The van der Waals surface area contributed by atoms with Gasteiger partial charge in [-0.25, -0.2) is 18.7 Å². The molecule has 1 aliphatic rings. The number of halogens is 2. The van der Waals surface area contributed by atoms with E-state index in [4.69, 9.17) is 10.5 Å². The van der Waals surface area contributed by atoms with Crippen molar-refractivity contribution in [3.05, 3.63) is 75.1 Å². The highest BCUT2D eigenvalue weighted by Crippen LogP contribution is 2.26. The van der Waals surface area contributed by atoms with E-state index in [9.17, 15) is 18.4 Å². The molecule has 1 aromatic carbocycles. The van der Waals surface area contributed by atoms with Crippen molar-refractivity contribution in [2.45, 2.75) is 38.9 Å². The Bertz CT molecular complexity index is 1310. The minimum absolute atomic E-state index is 0.0750. The van der Waals surface area contributed by atoms with Gasteiger partial charge in [-0.05, 0) is 31.0 Å². The molecule has 3 aromatic rings. The molecule has 0 saturated heterocycles. The lowest BCUT2D eigenvalue weighted by Gasteiger charge is -2.16. The maximum atomic E-state index is 14.0. The van der Waals surface area contributed by atoms with Crippen LogP contribution in [0.2, 0.25) is 0 Å². The van der Waals surface area contributed by atoms with Gasteiger partial charge < -0.3 is 21.1 Å². The fraction of sp³-hybridized carbons (Fsp3) is 0.304. The Labute approximate surface area is 194 Å². The summed E-state index contributed by atoms with van der Waals surface area (Å²) in [4.78, 5) is 34.5. The summed E-state index contributed by atoms with van der Waals surface area (Å²) in [5.41, 5.74) is 7.06. The van der Waals surface area contributed by atoms with Crippen molar-refractivity contribution in [2.24, 2.45) is 0 Å². The van der Waals surface area contributed by atoms with Gasteiger partial charge in [-0.2, -0.15) is 0 Å². The van der Waals surface area contributed by atoms with E-state index in [-0.39, 0.29) is 36.0 Å². The average Bonchev–Trinajstić information content (AvgIpc) is 3.23. The van der Waals surface area contributed by atoms with Gasteiger partial charge in [0.05, 0.1) is 13.3 Å². The number of aromatic nitrogens is 3. The van der Waals surface area contributed by atoms with Gasteiger partial charge in [0.2, 0.25) is 5.91 Å². The molecule has 0 fully saturated rings. The number of carbonyl (C=O) groups is 1. The van der Waals surface area contributed by atoms with Crippen molar-refractivity contribution >= 4 is 17.4 Å². The number of aryl methyl sites for hydroxylation is 2. The molecule has 34 heavy (non-hydrogen) atoms. The molecule has 3 heterocycles. The second-order valence-corrected chi connectivity index (χ2v) is 7.95. The van der Waals surface area contributed by atoms with Gasteiger partial charge in [0.15, 0.2) is 11.6 Å². The van der Waals surface area contributed by atoms with Gasteiger partial charge in [-0.3, -0.25) is 14.2 Å². The number of fused-ring (bicyclic) bond motifs is 1. The zero-order valence-corrected chi connectivity index (χ0v) is 18.7. The third kappa shape index (κ3) is 4.54. The molecule has 0 radical (unpaired) electrons. The number of hydrogen-bond donors (Lipinski definition) is 3. The van der Waals surface area contributed by atoms with Gasteiger partial charge in [0.1, 0.15) is 29.2 Å². The molecule has 0 unspecified atom stereocenters. The summed E-state index contributed by atoms with van der Waals surface area (Å²) in [7, 11) is 1.27. The Balaban J connectivity index is 1.51. The van der Waals surface area contributed by atoms with Crippen molar-refractivity contribution in [1.82, 2.24) is 19.9 Å². The van der Waals surface area contributed by atoms with Crippen molar-refractivity contribution in [2.75, 3.05) is 18.2 Å².